The first kappa shape index (κ1) is 18.4. The first-order valence-corrected chi connectivity index (χ1v) is 9.43. The molecule has 0 rings (SSSR count). The third kappa shape index (κ3) is 6.91. The number of rotatable bonds is 7. The molecule has 0 aromatic rings. The Hall–Kier alpha value is -0.633. The summed E-state index contributed by atoms with van der Waals surface area (Å²) in [5, 5.41) is 20.6. The second-order valence-corrected chi connectivity index (χ2v) is 11.1. The quantitative estimate of drug-likeness (QED) is 0.530. The van der Waals surface area contributed by atoms with Crippen molar-refractivity contribution in [1.82, 2.24) is 5.32 Å². The highest BCUT2D eigenvalue weighted by atomic mass is 28.4. The molecule has 2 atom stereocenters. The second-order valence-electron chi connectivity index (χ2n) is 6.31. The second kappa shape index (κ2) is 7.23. The van der Waals surface area contributed by atoms with Gasteiger partial charge in [-0.3, -0.25) is 0 Å². The van der Waals surface area contributed by atoms with Crippen molar-refractivity contribution in [3.05, 3.63) is 0 Å². The smallest absolute Gasteiger partial charge is 0.404 e. The minimum atomic E-state index is -2.00. The molecule has 0 aliphatic rings. The van der Waals surface area contributed by atoms with E-state index in [1.165, 1.54) is 0 Å². The molecule has 19 heavy (non-hydrogen) atoms. The van der Waals surface area contributed by atoms with Gasteiger partial charge in [0.1, 0.15) is 0 Å². The third-order valence-corrected chi connectivity index (χ3v) is 8.09. The van der Waals surface area contributed by atoms with Crippen LogP contribution >= 0.6 is 0 Å². The molecule has 0 aromatic heterocycles. The Balaban J connectivity index is 4.69. The van der Waals surface area contributed by atoms with E-state index in [9.17, 15) is 9.90 Å². The topological polar surface area (TPSA) is 105 Å². The fourth-order valence-corrected chi connectivity index (χ4v) is 2.73. The molecular weight excluding hydrogens is 264 g/mol. The number of hydrogen-bond donors (Lipinski definition) is 4. The number of aliphatic hydroxyl groups excluding tert-OH is 1. The monoisotopic (exact) mass is 292 g/mol. The minimum Gasteiger partial charge on any atom is -0.465 e. The Morgan fingerprint density at radius 1 is 1.42 bits per heavy atom. The Bertz CT molecular complexity index is 292. The SMILES string of the molecule is CC(C)(C)[Si](C)(C)OC(CNC(=O)O)CC(O)CN. The molecule has 0 aliphatic heterocycles. The van der Waals surface area contributed by atoms with Crippen molar-refractivity contribution < 1.29 is 19.4 Å². The van der Waals surface area contributed by atoms with E-state index in [-0.39, 0.29) is 24.2 Å². The molecule has 7 heteroatoms. The molecule has 0 saturated heterocycles. The first-order chi connectivity index (χ1) is 8.49. The van der Waals surface area contributed by atoms with E-state index in [2.05, 4.69) is 39.2 Å². The minimum absolute atomic E-state index is 0.0299. The van der Waals surface area contributed by atoms with E-state index in [0.717, 1.165) is 0 Å². The van der Waals surface area contributed by atoms with Crippen LogP contribution in [0.15, 0.2) is 0 Å². The summed E-state index contributed by atoms with van der Waals surface area (Å²) in [6, 6.07) is 0. The average Bonchev–Trinajstić information content (AvgIpc) is 2.23. The highest BCUT2D eigenvalue weighted by Gasteiger charge is 2.39. The molecule has 2 unspecified atom stereocenters. The van der Waals surface area contributed by atoms with Crippen molar-refractivity contribution in [1.29, 1.82) is 0 Å². The highest BCUT2D eigenvalue weighted by Crippen LogP contribution is 2.37. The summed E-state index contributed by atoms with van der Waals surface area (Å²) in [6.07, 6.45) is -1.78. The standard InChI is InChI=1S/C12H28N2O4Si/c1-12(2,3)19(4,5)18-10(6-9(15)7-13)8-14-11(16)17/h9-10,14-15H,6-8,13H2,1-5H3,(H,16,17). The summed E-state index contributed by atoms with van der Waals surface area (Å²) in [6.45, 7) is 10.8. The molecule has 0 saturated carbocycles. The molecule has 0 heterocycles. The largest absolute Gasteiger partial charge is 0.465 e. The van der Waals surface area contributed by atoms with Gasteiger partial charge < -0.3 is 25.7 Å². The van der Waals surface area contributed by atoms with Crippen molar-refractivity contribution in [2.45, 2.75) is 57.5 Å². The summed E-state index contributed by atoms with van der Waals surface area (Å²) < 4.78 is 6.12. The molecule has 1 amide bonds. The van der Waals surface area contributed by atoms with Gasteiger partial charge >= 0.3 is 6.09 Å². The van der Waals surface area contributed by atoms with Crippen LogP contribution in [0.4, 0.5) is 4.79 Å². The van der Waals surface area contributed by atoms with Crippen LogP contribution in [0.3, 0.4) is 0 Å². The summed E-state index contributed by atoms with van der Waals surface area (Å²) in [4.78, 5) is 10.6. The van der Waals surface area contributed by atoms with Crippen molar-refractivity contribution >= 4 is 14.4 Å². The molecule has 5 N–H and O–H groups in total. The number of amides is 1. The van der Waals surface area contributed by atoms with Crippen molar-refractivity contribution in [3.63, 3.8) is 0 Å². The number of aliphatic hydroxyl groups is 1. The van der Waals surface area contributed by atoms with E-state index < -0.39 is 20.5 Å². The van der Waals surface area contributed by atoms with Gasteiger partial charge in [0.05, 0.1) is 12.2 Å². The zero-order valence-corrected chi connectivity index (χ0v) is 13.6. The normalized spacial score (nSPS) is 15.9. The van der Waals surface area contributed by atoms with Crippen molar-refractivity contribution in [3.8, 4) is 0 Å². The van der Waals surface area contributed by atoms with Crippen molar-refractivity contribution in [2.75, 3.05) is 13.1 Å². The van der Waals surface area contributed by atoms with E-state index >= 15 is 0 Å². The lowest BCUT2D eigenvalue weighted by atomic mass is 10.1. The lowest BCUT2D eigenvalue weighted by molar-refractivity contribution is 0.0892. The number of hydrogen-bond acceptors (Lipinski definition) is 4. The maximum absolute atomic E-state index is 10.6. The fourth-order valence-electron chi connectivity index (χ4n) is 1.37. The summed E-state index contributed by atoms with van der Waals surface area (Å²) in [5.74, 6) is 0. The lowest BCUT2D eigenvalue weighted by Crippen LogP contribution is -2.48. The molecule has 6 nitrogen and oxygen atoms in total. The molecule has 0 fully saturated rings. The van der Waals surface area contributed by atoms with E-state index in [0.29, 0.717) is 6.42 Å². The first-order valence-electron chi connectivity index (χ1n) is 6.52. The number of nitrogens with one attached hydrogen (secondary N) is 1. The molecular formula is C12H28N2O4Si. The van der Waals surface area contributed by atoms with Crippen LogP contribution in [-0.2, 0) is 4.43 Å². The average molecular weight is 292 g/mol. The van der Waals surface area contributed by atoms with E-state index in [1.807, 2.05) is 0 Å². The molecule has 114 valence electrons. The molecule has 0 aromatic carbocycles. The Labute approximate surface area is 116 Å². The number of nitrogens with two attached hydrogens (primary N) is 1. The predicted octanol–water partition coefficient (Wildman–Crippen LogP) is 1.35. The van der Waals surface area contributed by atoms with Crippen LogP contribution < -0.4 is 11.1 Å². The summed E-state index contributed by atoms with van der Waals surface area (Å²) in [5.41, 5.74) is 5.39. The Morgan fingerprint density at radius 2 is 1.95 bits per heavy atom. The van der Waals surface area contributed by atoms with Crippen LogP contribution in [-0.4, -0.2) is 49.9 Å². The Morgan fingerprint density at radius 3 is 2.32 bits per heavy atom. The maximum atomic E-state index is 10.6. The van der Waals surface area contributed by atoms with Crippen LogP contribution in [0.1, 0.15) is 27.2 Å². The van der Waals surface area contributed by atoms with Gasteiger partial charge in [0.2, 0.25) is 0 Å². The van der Waals surface area contributed by atoms with Gasteiger partial charge in [-0.25, -0.2) is 4.79 Å². The zero-order valence-electron chi connectivity index (χ0n) is 12.6. The van der Waals surface area contributed by atoms with Gasteiger partial charge in [0.15, 0.2) is 8.32 Å². The van der Waals surface area contributed by atoms with Gasteiger partial charge in [0.25, 0.3) is 0 Å². The van der Waals surface area contributed by atoms with Gasteiger partial charge in [-0.2, -0.15) is 0 Å². The third-order valence-electron chi connectivity index (χ3n) is 3.56. The molecule has 0 radical (unpaired) electrons. The van der Waals surface area contributed by atoms with E-state index in [4.69, 9.17) is 15.3 Å². The van der Waals surface area contributed by atoms with Crippen LogP contribution in [0.2, 0.25) is 18.1 Å². The number of carbonyl (C=O) groups is 1. The molecule has 0 aliphatic carbocycles. The Kier molecular flexibility index (Phi) is 6.99. The van der Waals surface area contributed by atoms with Gasteiger partial charge in [-0.1, -0.05) is 20.8 Å². The van der Waals surface area contributed by atoms with Gasteiger partial charge in [0, 0.05) is 19.5 Å². The van der Waals surface area contributed by atoms with Crippen LogP contribution in [0.25, 0.3) is 0 Å². The fraction of sp³-hybridized carbons (Fsp3) is 0.917. The predicted molar refractivity (Wildman–Crippen MR) is 77.8 cm³/mol. The van der Waals surface area contributed by atoms with E-state index in [1.54, 1.807) is 0 Å². The molecule has 0 spiro atoms. The van der Waals surface area contributed by atoms with Crippen LogP contribution in [0.5, 0.6) is 0 Å². The van der Waals surface area contributed by atoms with Crippen molar-refractivity contribution in [2.24, 2.45) is 5.73 Å². The summed E-state index contributed by atoms with van der Waals surface area (Å²) >= 11 is 0. The number of carboxylic acid groups (broad SMARTS) is 1. The van der Waals surface area contributed by atoms with Gasteiger partial charge in [-0.05, 0) is 18.1 Å². The zero-order chi connectivity index (χ0) is 15.3. The summed E-state index contributed by atoms with van der Waals surface area (Å²) in [7, 11) is -2.00. The maximum Gasteiger partial charge on any atom is 0.404 e. The van der Waals surface area contributed by atoms with Crippen LogP contribution in [0, 0.1) is 0 Å². The lowest BCUT2D eigenvalue weighted by Gasteiger charge is -2.39. The molecule has 0 bridgehead atoms. The van der Waals surface area contributed by atoms with Gasteiger partial charge in [-0.15, -0.1) is 0 Å². The highest BCUT2D eigenvalue weighted by molar-refractivity contribution is 6.74.